The van der Waals surface area contributed by atoms with Crippen LogP contribution in [0.15, 0.2) is 23.0 Å². The van der Waals surface area contributed by atoms with Crippen molar-refractivity contribution in [3.63, 3.8) is 0 Å². The van der Waals surface area contributed by atoms with Gasteiger partial charge in [0.25, 0.3) is 11.5 Å². The summed E-state index contributed by atoms with van der Waals surface area (Å²) >= 11 is 0. The molecule has 2 heterocycles. The van der Waals surface area contributed by atoms with Gasteiger partial charge in [-0.25, -0.2) is 4.39 Å². The second-order valence-electron chi connectivity index (χ2n) is 9.47. The van der Waals surface area contributed by atoms with Gasteiger partial charge in [0.05, 0.1) is 0 Å². The van der Waals surface area contributed by atoms with Crippen molar-refractivity contribution < 1.29 is 9.18 Å². The zero-order valence-corrected chi connectivity index (χ0v) is 20.9. The molecule has 1 fully saturated rings. The number of benzene rings is 1. The maximum absolute atomic E-state index is 14.7. The van der Waals surface area contributed by atoms with Crippen molar-refractivity contribution in [1.82, 2.24) is 15.2 Å². The van der Waals surface area contributed by atoms with Crippen LogP contribution in [0.5, 0.6) is 0 Å². The second kappa shape index (κ2) is 10.1. The lowest BCUT2D eigenvalue weighted by Gasteiger charge is -2.41. The fourth-order valence-electron chi connectivity index (χ4n) is 5.12. The number of carbonyl (C=O) groups excluding carboxylic acids is 1. The van der Waals surface area contributed by atoms with E-state index in [1.165, 1.54) is 12.1 Å². The van der Waals surface area contributed by atoms with E-state index < -0.39 is 5.82 Å². The molecule has 1 aromatic carbocycles. The monoisotopic (exact) mass is 456 g/mol. The number of hydrogen-bond donors (Lipinski definition) is 2. The predicted octanol–water partition coefficient (Wildman–Crippen LogP) is 3.73. The van der Waals surface area contributed by atoms with E-state index in [1.807, 2.05) is 26.8 Å². The molecule has 2 aromatic rings. The van der Waals surface area contributed by atoms with Crippen LogP contribution < -0.4 is 21.1 Å². The minimum atomic E-state index is -0.434. The van der Waals surface area contributed by atoms with E-state index in [2.05, 4.69) is 36.3 Å². The summed E-state index contributed by atoms with van der Waals surface area (Å²) in [5.41, 5.74) is 3.92. The Balaban J connectivity index is 1.88. The Kier molecular flexibility index (Phi) is 7.62. The number of amides is 1. The van der Waals surface area contributed by atoms with Crippen LogP contribution in [0.2, 0.25) is 0 Å². The molecule has 0 spiro atoms. The average Bonchev–Trinajstić information content (AvgIpc) is 2.74. The SMILES string of the molecule is CCN(c1cc(F)cc(C(=O)NCc2c(C)cc(C)n(C)c2=O)c1C)C1CC(C)N[C@H](C)C1. The summed E-state index contributed by atoms with van der Waals surface area (Å²) in [4.78, 5) is 27.9. The van der Waals surface area contributed by atoms with Gasteiger partial charge in [-0.2, -0.15) is 0 Å². The number of hydrogen-bond acceptors (Lipinski definition) is 4. The fraction of sp³-hybridized carbons (Fsp3) is 0.538. The Morgan fingerprint density at radius 1 is 1.18 bits per heavy atom. The van der Waals surface area contributed by atoms with E-state index >= 15 is 0 Å². The number of nitrogens with one attached hydrogen (secondary N) is 2. The Morgan fingerprint density at radius 2 is 1.82 bits per heavy atom. The average molecular weight is 457 g/mol. The minimum absolute atomic E-state index is 0.101. The number of piperidine rings is 1. The lowest BCUT2D eigenvalue weighted by atomic mass is 9.92. The molecule has 0 radical (unpaired) electrons. The van der Waals surface area contributed by atoms with E-state index in [-0.39, 0.29) is 24.1 Å². The molecule has 1 amide bonds. The van der Waals surface area contributed by atoms with E-state index in [0.29, 0.717) is 23.2 Å². The van der Waals surface area contributed by atoms with Crippen LogP contribution >= 0.6 is 0 Å². The quantitative estimate of drug-likeness (QED) is 0.695. The van der Waals surface area contributed by atoms with Gasteiger partial charge in [-0.15, -0.1) is 0 Å². The molecule has 7 heteroatoms. The van der Waals surface area contributed by atoms with Gasteiger partial charge in [-0.1, -0.05) is 0 Å². The highest BCUT2D eigenvalue weighted by molar-refractivity contribution is 5.97. The first kappa shape index (κ1) is 25.0. The van der Waals surface area contributed by atoms with Crippen LogP contribution in [-0.4, -0.2) is 35.1 Å². The molecule has 33 heavy (non-hydrogen) atoms. The Hall–Kier alpha value is -2.67. The van der Waals surface area contributed by atoms with Crippen LogP contribution in [0.25, 0.3) is 0 Å². The molecule has 2 N–H and O–H groups in total. The van der Waals surface area contributed by atoms with Gasteiger partial charge < -0.3 is 20.1 Å². The van der Waals surface area contributed by atoms with E-state index in [4.69, 9.17) is 0 Å². The van der Waals surface area contributed by atoms with Crippen molar-refractivity contribution in [1.29, 1.82) is 0 Å². The van der Waals surface area contributed by atoms with Crippen molar-refractivity contribution in [2.75, 3.05) is 11.4 Å². The van der Waals surface area contributed by atoms with Gasteiger partial charge in [0.2, 0.25) is 0 Å². The van der Waals surface area contributed by atoms with Crippen molar-refractivity contribution >= 4 is 11.6 Å². The first-order chi connectivity index (χ1) is 15.5. The third kappa shape index (κ3) is 5.29. The highest BCUT2D eigenvalue weighted by Crippen LogP contribution is 2.30. The molecule has 3 rings (SSSR count). The van der Waals surface area contributed by atoms with Crippen LogP contribution in [-0.2, 0) is 13.6 Å². The summed E-state index contributed by atoms with van der Waals surface area (Å²) in [5.74, 6) is -0.810. The Morgan fingerprint density at radius 3 is 2.42 bits per heavy atom. The van der Waals surface area contributed by atoms with E-state index in [9.17, 15) is 14.0 Å². The molecule has 3 atom stereocenters. The Bertz CT molecular complexity index is 1080. The summed E-state index contributed by atoms with van der Waals surface area (Å²) in [6, 6.07) is 5.78. The third-order valence-corrected chi connectivity index (χ3v) is 6.92. The number of aromatic nitrogens is 1. The van der Waals surface area contributed by atoms with Crippen molar-refractivity contribution in [3.8, 4) is 0 Å². The van der Waals surface area contributed by atoms with Crippen molar-refractivity contribution in [2.45, 2.75) is 79.1 Å². The molecule has 0 aliphatic carbocycles. The van der Waals surface area contributed by atoms with Gasteiger partial charge in [-0.3, -0.25) is 9.59 Å². The zero-order valence-electron chi connectivity index (χ0n) is 20.9. The number of aryl methyl sites for hydroxylation is 2. The first-order valence-corrected chi connectivity index (χ1v) is 11.8. The van der Waals surface area contributed by atoms with Gasteiger partial charge in [0.1, 0.15) is 5.82 Å². The molecule has 1 aliphatic heterocycles. The number of nitrogens with zero attached hydrogens (tertiary/aromatic N) is 2. The summed E-state index contributed by atoms with van der Waals surface area (Å²) in [5, 5.41) is 6.39. The first-order valence-electron chi connectivity index (χ1n) is 11.8. The second-order valence-corrected chi connectivity index (χ2v) is 9.47. The minimum Gasteiger partial charge on any atom is -0.368 e. The number of halogens is 1. The van der Waals surface area contributed by atoms with Gasteiger partial charge in [-0.05, 0) is 83.7 Å². The summed E-state index contributed by atoms with van der Waals surface area (Å²) in [6.45, 7) is 12.8. The van der Waals surface area contributed by atoms with Gasteiger partial charge in [0, 0.05) is 60.8 Å². The lowest BCUT2D eigenvalue weighted by Crippen LogP contribution is -2.51. The van der Waals surface area contributed by atoms with Gasteiger partial charge in [0.15, 0.2) is 0 Å². The maximum Gasteiger partial charge on any atom is 0.255 e. The molecule has 0 bridgehead atoms. The number of rotatable bonds is 6. The normalized spacial score (nSPS) is 20.5. The summed E-state index contributed by atoms with van der Waals surface area (Å²) < 4.78 is 16.3. The summed E-state index contributed by atoms with van der Waals surface area (Å²) in [6.07, 6.45) is 1.93. The largest absolute Gasteiger partial charge is 0.368 e. The molecule has 1 saturated heterocycles. The third-order valence-electron chi connectivity index (χ3n) is 6.92. The highest BCUT2D eigenvalue weighted by atomic mass is 19.1. The standard InChI is InChI=1S/C26H37FN4O2/c1-8-31(21-10-16(3)29-17(4)11-21)24-13-20(27)12-22(19(24)6)25(32)28-14-23-15(2)9-18(5)30(7)26(23)33/h9,12-13,16-17,21,29H,8,10-11,14H2,1-7H3,(H,28,32)/t16-,17?,21?/m1/s1. The van der Waals surface area contributed by atoms with Crippen LogP contribution in [0.1, 0.15) is 66.4 Å². The van der Waals surface area contributed by atoms with Crippen molar-refractivity contribution in [2.24, 2.45) is 7.05 Å². The molecular formula is C26H37FN4O2. The van der Waals surface area contributed by atoms with Crippen LogP contribution in [0.3, 0.4) is 0 Å². The van der Waals surface area contributed by atoms with E-state index in [0.717, 1.165) is 41.9 Å². The highest BCUT2D eigenvalue weighted by Gasteiger charge is 2.29. The number of carbonyl (C=O) groups is 1. The number of pyridine rings is 1. The maximum atomic E-state index is 14.7. The molecule has 1 aromatic heterocycles. The predicted molar refractivity (Wildman–Crippen MR) is 132 cm³/mol. The molecule has 0 saturated carbocycles. The number of anilines is 1. The molecule has 1 aliphatic rings. The molecule has 6 nitrogen and oxygen atoms in total. The lowest BCUT2D eigenvalue weighted by molar-refractivity contribution is 0.0949. The van der Waals surface area contributed by atoms with Crippen molar-refractivity contribution in [3.05, 3.63) is 62.3 Å². The molecule has 2 unspecified atom stereocenters. The van der Waals surface area contributed by atoms with Crippen LogP contribution in [0, 0.1) is 26.6 Å². The van der Waals surface area contributed by atoms with Gasteiger partial charge >= 0.3 is 0 Å². The molecule has 180 valence electrons. The summed E-state index contributed by atoms with van der Waals surface area (Å²) in [7, 11) is 1.72. The smallest absolute Gasteiger partial charge is 0.255 e. The zero-order chi connectivity index (χ0) is 24.4. The van der Waals surface area contributed by atoms with E-state index in [1.54, 1.807) is 11.6 Å². The topological polar surface area (TPSA) is 66.4 Å². The fourth-order valence-corrected chi connectivity index (χ4v) is 5.12. The van der Waals surface area contributed by atoms with Crippen LogP contribution in [0.4, 0.5) is 10.1 Å². The molecular weight excluding hydrogens is 419 g/mol. The Labute approximate surface area is 196 Å².